The molecule has 0 N–H and O–H groups in total. The highest BCUT2D eigenvalue weighted by Gasteiger charge is 2.27. The maximum atomic E-state index is 12.5. The number of fused-ring (bicyclic) bond motifs is 1. The number of hydrogen-bond acceptors (Lipinski definition) is 5. The van der Waals surface area contributed by atoms with Gasteiger partial charge in [-0.15, -0.1) is 5.10 Å². The number of benzene rings is 1. The number of aromatic nitrogens is 3. The minimum absolute atomic E-state index is 0.159. The van der Waals surface area contributed by atoms with Crippen LogP contribution >= 0.6 is 0 Å². The molecule has 0 saturated carbocycles. The van der Waals surface area contributed by atoms with Gasteiger partial charge < -0.3 is 9.80 Å². The van der Waals surface area contributed by atoms with Gasteiger partial charge >= 0.3 is 11.1 Å². The van der Waals surface area contributed by atoms with Gasteiger partial charge in [0.2, 0.25) is 11.9 Å². The van der Waals surface area contributed by atoms with Crippen LogP contribution in [0.25, 0.3) is 0 Å². The van der Waals surface area contributed by atoms with E-state index in [0.717, 1.165) is 29.6 Å². The average Bonchev–Trinajstić information content (AvgIpc) is 3.11. The van der Waals surface area contributed by atoms with E-state index in [1.807, 2.05) is 35.2 Å². The number of piperidine rings is 1. The first-order chi connectivity index (χ1) is 12.6. The number of hydrogen-bond donors (Lipinski definition) is 0. The molecule has 2 aliphatic rings. The summed E-state index contributed by atoms with van der Waals surface area (Å²) in [6, 6.07) is 9.59. The monoisotopic (exact) mass is 355 g/mol. The van der Waals surface area contributed by atoms with E-state index in [2.05, 4.69) is 5.10 Å². The standard InChI is InChI=1S/C18H21N5O3/c24-15(20-9-5-2-6-10-20)13-23-17(26)16(25)22-12-11-21(18(22)19-23)14-7-3-1-4-8-14/h1,3-4,7-8H,2,5-6,9-13H2. The lowest BCUT2D eigenvalue weighted by Gasteiger charge is -2.26. The highest BCUT2D eigenvalue weighted by molar-refractivity contribution is 5.76. The van der Waals surface area contributed by atoms with Gasteiger partial charge in [-0.2, -0.15) is 0 Å². The molecule has 4 rings (SSSR count). The van der Waals surface area contributed by atoms with E-state index in [9.17, 15) is 14.4 Å². The van der Waals surface area contributed by atoms with Crippen molar-refractivity contribution in [3.63, 3.8) is 0 Å². The third kappa shape index (κ3) is 2.91. The minimum atomic E-state index is -0.742. The van der Waals surface area contributed by atoms with Crippen LogP contribution in [0.5, 0.6) is 0 Å². The number of likely N-dealkylation sites (tertiary alicyclic amines) is 1. The number of rotatable bonds is 3. The number of para-hydroxylation sites is 1. The Labute approximate surface area is 150 Å². The number of anilines is 2. The van der Waals surface area contributed by atoms with Crippen molar-refractivity contribution < 1.29 is 4.79 Å². The van der Waals surface area contributed by atoms with Gasteiger partial charge in [-0.05, 0) is 31.4 Å². The molecule has 2 aliphatic heterocycles. The molecular weight excluding hydrogens is 334 g/mol. The van der Waals surface area contributed by atoms with Gasteiger partial charge in [0.15, 0.2) is 0 Å². The van der Waals surface area contributed by atoms with Crippen molar-refractivity contribution in [1.29, 1.82) is 0 Å². The Morgan fingerprint density at radius 1 is 0.923 bits per heavy atom. The smallest absolute Gasteiger partial charge is 0.333 e. The van der Waals surface area contributed by atoms with Crippen molar-refractivity contribution in [2.24, 2.45) is 0 Å². The van der Waals surface area contributed by atoms with Crippen LogP contribution < -0.4 is 16.0 Å². The lowest BCUT2D eigenvalue weighted by molar-refractivity contribution is -0.133. The zero-order valence-electron chi connectivity index (χ0n) is 14.5. The predicted molar refractivity (Wildman–Crippen MR) is 96.6 cm³/mol. The van der Waals surface area contributed by atoms with E-state index >= 15 is 0 Å². The summed E-state index contributed by atoms with van der Waals surface area (Å²) in [6.45, 7) is 2.19. The topological polar surface area (TPSA) is 80.4 Å². The van der Waals surface area contributed by atoms with Gasteiger partial charge in [0, 0.05) is 31.9 Å². The van der Waals surface area contributed by atoms with E-state index in [1.165, 1.54) is 4.57 Å². The van der Waals surface area contributed by atoms with E-state index in [1.54, 1.807) is 4.90 Å². The molecule has 3 heterocycles. The molecule has 136 valence electrons. The second kappa shape index (κ2) is 6.78. The van der Waals surface area contributed by atoms with Gasteiger partial charge in [0.1, 0.15) is 6.54 Å². The lowest BCUT2D eigenvalue weighted by Crippen LogP contribution is -2.46. The van der Waals surface area contributed by atoms with Crippen LogP contribution in [0.2, 0.25) is 0 Å². The molecular formula is C18H21N5O3. The zero-order chi connectivity index (χ0) is 18.1. The summed E-state index contributed by atoms with van der Waals surface area (Å²) in [5.41, 5.74) is -0.466. The molecule has 8 heteroatoms. The zero-order valence-corrected chi connectivity index (χ0v) is 14.5. The molecule has 1 saturated heterocycles. The number of carbonyl (C=O) groups is 1. The quantitative estimate of drug-likeness (QED) is 0.752. The molecule has 1 aromatic carbocycles. The largest absolute Gasteiger partial charge is 0.341 e. The van der Waals surface area contributed by atoms with E-state index < -0.39 is 11.1 Å². The van der Waals surface area contributed by atoms with E-state index in [4.69, 9.17) is 0 Å². The Morgan fingerprint density at radius 3 is 2.38 bits per heavy atom. The Hall–Kier alpha value is -2.90. The molecule has 1 aromatic heterocycles. The summed E-state index contributed by atoms with van der Waals surface area (Å²) >= 11 is 0. The van der Waals surface area contributed by atoms with Gasteiger partial charge in [-0.1, -0.05) is 18.2 Å². The lowest BCUT2D eigenvalue weighted by atomic mass is 10.1. The second-order valence-corrected chi connectivity index (χ2v) is 6.65. The Balaban J connectivity index is 1.67. The summed E-state index contributed by atoms with van der Waals surface area (Å²) in [4.78, 5) is 40.9. The van der Waals surface area contributed by atoms with E-state index in [-0.39, 0.29) is 12.5 Å². The fraction of sp³-hybridized carbons (Fsp3) is 0.444. The molecule has 0 atom stereocenters. The number of amides is 1. The second-order valence-electron chi connectivity index (χ2n) is 6.65. The van der Waals surface area contributed by atoms with Crippen LogP contribution in [0.15, 0.2) is 39.9 Å². The highest BCUT2D eigenvalue weighted by Crippen LogP contribution is 2.25. The normalized spacial score (nSPS) is 16.6. The van der Waals surface area contributed by atoms with Crippen LogP contribution in [0, 0.1) is 0 Å². The van der Waals surface area contributed by atoms with Crippen molar-refractivity contribution in [1.82, 2.24) is 19.2 Å². The SMILES string of the molecule is O=C(Cn1nc2n(c(=O)c1=O)CCN2c1ccccc1)N1CCCCC1. The van der Waals surface area contributed by atoms with Gasteiger partial charge in [-0.3, -0.25) is 19.0 Å². The van der Waals surface area contributed by atoms with Gasteiger partial charge in [-0.25, -0.2) is 4.68 Å². The van der Waals surface area contributed by atoms with Crippen LogP contribution in [-0.4, -0.2) is 44.8 Å². The van der Waals surface area contributed by atoms with Crippen LogP contribution in [-0.2, 0) is 17.9 Å². The van der Waals surface area contributed by atoms with Gasteiger partial charge in [0.25, 0.3) is 0 Å². The third-order valence-corrected chi connectivity index (χ3v) is 4.96. The molecule has 26 heavy (non-hydrogen) atoms. The molecule has 0 bridgehead atoms. The number of nitrogens with zero attached hydrogens (tertiary/aromatic N) is 5. The maximum Gasteiger partial charge on any atom is 0.333 e. The Morgan fingerprint density at radius 2 is 1.65 bits per heavy atom. The van der Waals surface area contributed by atoms with Crippen molar-refractivity contribution >= 4 is 17.5 Å². The molecule has 0 radical (unpaired) electrons. The predicted octanol–water partition coefficient (Wildman–Crippen LogP) is 0.569. The molecule has 2 aromatic rings. The minimum Gasteiger partial charge on any atom is -0.341 e. The molecule has 0 aliphatic carbocycles. The Kier molecular flexibility index (Phi) is 4.32. The van der Waals surface area contributed by atoms with Crippen molar-refractivity contribution in [3.8, 4) is 0 Å². The van der Waals surface area contributed by atoms with Crippen molar-refractivity contribution in [2.45, 2.75) is 32.4 Å². The number of carbonyl (C=O) groups excluding carboxylic acids is 1. The summed E-state index contributed by atoms with van der Waals surface area (Å²) < 4.78 is 2.41. The van der Waals surface area contributed by atoms with Crippen molar-refractivity contribution in [3.05, 3.63) is 51.0 Å². The first kappa shape index (κ1) is 16.6. The summed E-state index contributed by atoms with van der Waals surface area (Å²) in [5, 5.41) is 4.35. The summed E-state index contributed by atoms with van der Waals surface area (Å²) in [6.07, 6.45) is 3.07. The van der Waals surface area contributed by atoms with Crippen LogP contribution in [0.4, 0.5) is 11.6 Å². The van der Waals surface area contributed by atoms with Crippen molar-refractivity contribution in [2.75, 3.05) is 24.5 Å². The maximum absolute atomic E-state index is 12.5. The van der Waals surface area contributed by atoms with Crippen LogP contribution in [0.3, 0.4) is 0 Å². The summed E-state index contributed by atoms with van der Waals surface area (Å²) in [7, 11) is 0. The third-order valence-electron chi connectivity index (χ3n) is 4.96. The molecule has 1 amide bonds. The van der Waals surface area contributed by atoms with Gasteiger partial charge in [0.05, 0.1) is 0 Å². The fourth-order valence-electron chi connectivity index (χ4n) is 3.56. The first-order valence-electron chi connectivity index (χ1n) is 8.97. The molecule has 0 unspecified atom stereocenters. The molecule has 8 nitrogen and oxygen atoms in total. The average molecular weight is 355 g/mol. The highest BCUT2D eigenvalue weighted by atomic mass is 16.2. The van der Waals surface area contributed by atoms with Crippen LogP contribution in [0.1, 0.15) is 19.3 Å². The van der Waals surface area contributed by atoms with E-state index in [0.29, 0.717) is 32.1 Å². The Bertz CT molecular complexity index is 928. The summed E-state index contributed by atoms with van der Waals surface area (Å²) in [5.74, 6) is 0.250. The molecule has 0 spiro atoms. The fourth-order valence-corrected chi connectivity index (χ4v) is 3.56. The first-order valence-corrected chi connectivity index (χ1v) is 8.97. The molecule has 1 fully saturated rings.